The Balaban J connectivity index is 3.21. The lowest BCUT2D eigenvalue weighted by Crippen LogP contribution is -2.07. The van der Waals surface area contributed by atoms with E-state index < -0.39 is 12.4 Å². The topological polar surface area (TPSA) is 50.2 Å². The minimum atomic E-state index is -2.70. The van der Waals surface area contributed by atoms with E-state index in [2.05, 4.69) is 4.98 Å². The molecule has 0 spiro atoms. The van der Waals surface area contributed by atoms with Crippen molar-refractivity contribution < 1.29 is 18.7 Å². The van der Waals surface area contributed by atoms with Crippen molar-refractivity contribution in [2.45, 2.75) is 18.7 Å². The first-order chi connectivity index (χ1) is 7.45. The molecule has 1 heterocycles. The quantitative estimate of drug-likeness (QED) is 0.510. The van der Waals surface area contributed by atoms with E-state index in [9.17, 15) is 13.6 Å². The number of carboxylic acids is 1. The minimum absolute atomic E-state index is 0.0928. The average Bonchev–Trinajstić information content (AvgIpc) is 2.19. The molecule has 0 radical (unpaired) electrons. The molecule has 1 rings (SSSR count). The molecule has 0 fully saturated rings. The SMILES string of the molecule is O=C(O)Cc1cc(C(F)F)c(CCl)nc1I. The van der Waals surface area contributed by atoms with Crippen LogP contribution in [0.1, 0.15) is 23.2 Å². The maximum atomic E-state index is 12.6. The molecular weight excluding hydrogens is 354 g/mol. The predicted octanol–water partition coefficient (Wildman–Crippen LogP) is 2.99. The Morgan fingerprint density at radius 2 is 2.25 bits per heavy atom. The molecular formula is C9H7ClF2INO2. The molecule has 3 nitrogen and oxygen atoms in total. The van der Waals surface area contributed by atoms with Gasteiger partial charge in [0.15, 0.2) is 0 Å². The number of carbonyl (C=O) groups is 1. The van der Waals surface area contributed by atoms with Gasteiger partial charge in [-0.05, 0) is 34.2 Å². The van der Waals surface area contributed by atoms with Crippen LogP contribution >= 0.6 is 34.2 Å². The zero-order valence-electron chi connectivity index (χ0n) is 7.88. The Kier molecular flexibility index (Phi) is 4.85. The molecule has 88 valence electrons. The summed E-state index contributed by atoms with van der Waals surface area (Å²) in [6.07, 6.45) is -3.03. The lowest BCUT2D eigenvalue weighted by atomic mass is 10.1. The van der Waals surface area contributed by atoms with Gasteiger partial charge in [0.05, 0.1) is 18.0 Å². The summed E-state index contributed by atoms with van der Waals surface area (Å²) in [4.78, 5) is 14.4. The Morgan fingerprint density at radius 1 is 1.62 bits per heavy atom. The minimum Gasteiger partial charge on any atom is -0.481 e. The Hall–Kier alpha value is -0.500. The third-order valence-electron chi connectivity index (χ3n) is 1.86. The van der Waals surface area contributed by atoms with Crippen LogP contribution in [0.25, 0.3) is 0 Å². The summed E-state index contributed by atoms with van der Waals surface area (Å²) in [5.74, 6) is -1.21. The van der Waals surface area contributed by atoms with Gasteiger partial charge in [0.2, 0.25) is 0 Å². The summed E-state index contributed by atoms with van der Waals surface area (Å²) < 4.78 is 25.6. The van der Waals surface area contributed by atoms with Gasteiger partial charge in [-0.25, -0.2) is 13.8 Å². The number of rotatable bonds is 4. The van der Waals surface area contributed by atoms with Crippen LogP contribution in [0.3, 0.4) is 0 Å². The molecule has 0 amide bonds. The first-order valence-corrected chi connectivity index (χ1v) is 5.81. The molecule has 7 heteroatoms. The van der Waals surface area contributed by atoms with E-state index in [0.29, 0.717) is 3.70 Å². The highest BCUT2D eigenvalue weighted by molar-refractivity contribution is 14.1. The molecule has 0 saturated carbocycles. The van der Waals surface area contributed by atoms with E-state index in [1.165, 1.54) is 0 Å². The maximum Gasteiger partial charge on any atom is 0.307 e. The summed E-state index contributed by atoms with van der Waals surface area (Å²) in [6.45, 7) is 0. The first-order valence-electron chi connectivity index (χ1n) is 4.19. The van der Waals surface area contributed by atoms with Crippen LogP contribution < -0.4 is 0 Å². The number of hydrogen-bond donors (Lipinski definition) is 1. The van der Waals surface area contributed by atoms with E-state index in [1.54, 1.807) is 22.6 Å². The van der Waals surface area contributed by atoms with Crippen LogP contribution in [0.2, 0.25) is 0 Å². The van der Waals surface area contributed by atoms with Crippen LogP contribution in [0.15, 0.2) is 6.07 Å². The lowest BCUT2D eigenvalue weighted by molar-refractivity contribution is -0.136. The van der Waals surface area contributed by atoms with Gasteiger partial charge < -0.3 is 5.11 Å². The van der Waals surface area contributed by atoms with E-state index in [1.807, 2.05) is 0 Å². The number of hydrogen-bond acceptors (Lipinski definition) is 2. The fourth-order valence-corrected chi connectivity index (χ4v) is 2.02. The van der Waals surface area contributed by atoms with Crippen LogP contribution in [0.4, 0.5) is 8.78 Å². The second-order valence-electron chi connectivity index (χ2n) is 2.98. The number of pyridine rings is 1. The summed E-state index contributed by atoms with van der Waals surface area (Å²) in [5, 5.41) is 8.60. The summed E-state index contributed by atoms with van der Waals surface area (Å²) in [7, 11) is 0. The molecule has 1 N–H and O–H groups in total. The number of nitrogens with zero attached hydrogens (tertiary/aromatic N) is 1. The largest absolute Gasteiger partial charge is 0.481 e. The number of carboxylic acid groups (broad SMARTS) is 1. The molecule has 0 saturated heterocycles. The van der Waals surface area contributed by atoms with Crippen LogP contribution in [-0.4, -0.2) is 16.1 Å². The van der Waals surface area contributed by atoms with Crippen LogP contribution in [-0.2, 0) is 17.1 Å². The summed E-state index contributed by atoms with van der Waals surface area (Å²) in [5.41, 5.74) is 0.0686. The van der Waals surface area contributed by atoms with Crippen molar-refractivity contribution in [3.05, 3.63) is 26.6 Å². The van der Waals surface area contributed by atoms with Gasteiger partial charge in [-0.15, -0.1) is 11.6 Å². The lowest BCUT2D eigenvalue weighted by Gasteiger charge is -2.09. The number of halogens is 4. The second kappa shape index (κ2) is 5.72. The van der Waals surface area contributed by atoms with Crippen molar-refractivity contribution >= 4 is 40.2 Å². The van der Waals surface area contributed by atoms with Crippen molar-refractivity contribution in [1.29, 1.82) is 0 Å². The Labute approximate surface area is 109 Å². The zero-order chi connectivity index (χ0) is 12.3. The average molecular weight is 362 g/mol. The fourth-order valence-electron chi connectivity index (χ4n) is 1.17. The monoisotopic (exact) mass is 361 g/mol. The van der Waals surface area contributed by atoms with Gasteiger partial charge in [-0.2, -0.15) is 0 Å². The maximum absolute atomic E-state index is 12.6. The van der Waals surface area contributed by atoms with Gasteiger partial charge in [0, 0.05) is 5.56 Å². The number of aromatic nitrogens is 1. The second-order valence-corrected chi connectivity index (χ2v) is 4.27. The van der Waals surface area contributed by atoms with Gasteiger partial charge in [-0.1, -0.05) is 0 Å². The van der Waals surface area contributed by atoms with E-state index >= 15 is 0 Å². The van der Waals surface area contributed by atoms with Crippen LogP contribution in [0, 0.1) is 3.70 Å². The summed E-state index contributed by atoms with van der Waals surface area (Å²) in [6, 6.07) is 1.16. The van der Waals surface area contributed by atoms with Gasteiger partial charge in [-0.3, -0.25) is 4.79 Å². The Morgan fingerprint density at radius 3 is 2.69 bits per heavy atom. The van der Waals surface area contributed by atoms with Crippen molar-refractivity contribution in [3.8, 4) is 0 Å². The smallest absolute Gasteiger partial charge is 0.307 e. The zero-order valence-corrected chi connectivity index (χ0v) is 10.8. The molecule has 1 aromatic heterocycles. The molecule has 0 aromatic carbocycles. The molecule has 0 aliphatic rings. The Bertz CT molecular complexity index is 415. The summed E-state index contributed by atoms with van der Waals surface area (Å²) >= 11 is 7.30. The molecule has 0 unspecified atom stereocenters. The number of alkyl halides is 3. The third-order valence-corrected chi connectivity index (χ3v) is 3.05. The van der Waals surface area contributed by atoms with Crippen LogP contribution in [0.5, 0.6) is 0 Å². The van der Waals surface area contributed by atoms with Gasteiger partial charge in [0.25, 0.3) is 6.43 Å². The van der Waals surface area contributed by atoms with Gasteiger partial charge >= 0.3 is 5.97 Å². The first kappa shape index (κ1) is 13.6. The van der Waals surface area contributed by atoms with E-state index in [-0.39, 0.29) is 29.1 Å². The normalized spacial score (nSPS) is 10.8. The van der Waals surface area contributed by atoms with Crippen molar-refractivity contribution in [2.24, 2.45) is 0 Å². The predicted molar refractivity (Wildman–Crippen MR) is 62.8 cm³/mol. The highest BCUT2D eigenvalue weighted by atomic mass is 127. The molecule has 0 aliphatic heterocycles. The molecule has 0 atom stereocenters. The standard InChI is InChI=1S/C9H7ClF2INO2/c10-3-6-5(8(11)12)1-4(2-7(15)16)9(13)14-6/h1,8H,2-3H2,(H,15,16). The van der Waals surface area contributed by atoms with E-state index in [4.69, 9.17) is 16.7 Å². The molecule has 16 heavy (non-hydrogen) atoms. The highest BCUT2D eigenvalue weighted by Crippen LogP contribution is 2.26. The van der Waals surface area contributed by atoms with Crippen molar-refractivity contribution in [1.82, 2.24) is 4.98 Å². The number of aliphatic carboxylic acids is 1. The van der Waals surface area contributed by atoms with Gasteiger partial charge in [0.1, 0.15) is 3.70 Å². The highest BCUT2D eigenvalue weighted by Gasteiger charge is 2.18. The van der Waals surface area contributed by atoms with Crippen molar-refractivity contribution in [3.63, 3.8) is 0 Å². The molecule has 0 aliphatic carbocycles. The molecule has 0 bridgehead atoms. The third kappa shape index (κ3) is 3.24. The van der Waals surface area contributed by atoms with Crippen molar-refractivity contribution in [2.75, 3.05) is 0 Å². The fraction of sp³-hybridized carbons (Fsp3) is 0.333. The molecule has 1 aromatic rings. The van der Waals surface area contributed by atoms with E-state index in [0.717, 1.165) is 6.07 Å².